The van der Waals surface area contributed by atoms with Crippen LogP contribution < -0.4 is 4.74 Å². The maximum Gasteiger partial charge on any atom is 0.312 e. The summed E-state index contributed by atoms with van der Waals surface area (Å²) in [5, 5.41) is 11.2. The molecule has 2 heterocycles. The van der Waals surface area contributed by atoms with Gasteiger partial charge in [0.15, 0.2) is 5.75 Å². The Labute approximate surface area is 127 Å². The third-order valence-corrected chi connectivity index (χ3v) is 5.55. The summed E-state index contributed by atoms with van der Waals surface area (Å²) in [7, 11) is -3.68. The van der Waals surface area contributed by atoms with E-state index in [4.69, 9.17) is 9.47 Å². The number of nitro groups is 1. The molecule has 0 saturated carbocycles. The van der Waals surface area contributed by atoms with Gasteiger partial charge in [-0.25, -0.2) is 8.42 Å². The number of hydrogen-bond donors (Lipinski definition) is 0. The molecule has 3 rings (SSSR count). The molecular formula is C13H16N2O6S. The standard InChI is InChI=1S/C13H16N2O6S/c16-15(17)12-7-11(22(18,19)14-5-1-2-6-14)3-4-13(12)21-9-10-8-20-10/h3-4,7,10H,1-2,5-6,8-9H2/t10-/m0/s1. The number of rotatable bonds is 6. The van der Waals surface area contributed by atoms with E-state index in [9.17, 15) is 18.5 Å². The van der Waals surface area contributed by atoms with Crippen LogP contribution in [0, 0.1) is 10.1 Å². The third kappa shape index (κ3) is 3.06. The van der Waals surface area contributed by atoms with Gasteiger partial charge in [0.05, 0.1) is 16.4 Å². The maximum atomic E-state index is 12.4. The number of hydrogen-bond acceptors (Lipinski definition) is 6. The molecule has 0 spiro atoms. The van der Waals surface area contributed by atoms with Crippen molar-refractivity contribution >= 4 is 15.7 Å². The van der Waals surface area contributed by atoms with Crippen molar-refractivity contribution in [3.05, 3.63) is 28.3 Å². The highest BCUT2D eigenvalue weighted by Crippen LogP contribution is 2.32. The predicted molar refractivity (Wildman–Crippen MR) is 76.3 cm³/mol. The van der Waals surface area contributed by atoms with Gasteiger partial charge in [-0.15, -0.1) is 0 Å². The zero-order valence-corrected chi connectivity index (χ0v) is 12.6. The number of ether oxygens (including phenoxy) is 2. The van der Waals surface area contributed by atoms with E-state index < -0.39 is 14.9 Å². The molecule has 2 saturated heterocycles. The molecule has 2 aliphatic rings. The summed E-state index contributed by atoms with van der Waals surface area (Å²) < 4.78 is 36.5. The molecule has 2 aliphatic heterocycles. The lowest BCUT2D eigenvalue weighted by molar-refractivity contribution is -0.386. The van der Waals surface area contributed by atoms with Crippen LogP contribution in [0.5, 0.6) is 5.75 Å². The minimum atomic E-state index is -3.68. The van der Waals surface area contributed by atoms with Crippen molar-refractivity contribution in [1.82, 2.24) is 4.31 Å². The number of nitrogens with zero attached hydrogens (tertiary/aromatic N) is 2. The van der Waals surface area contributed by atoms with Gasteiger partial charge in [0.1, 0.15) is 12.7 Å². The summed E-state index contributed by atoms with van der Waals surface area (Å²) in [6, 6.07) is 3.75. The van der Waals surface area contributed by atoms with E-state index in [1.54, 1.807) is 0 Å². The Morgan fingerprint density at radius 2 is 2.05 bits per heavy atom. The second kappa shape index (κ2) is 5.82. The van der Waals surface area contributed by atoms with Gasteiger partial charge in [-0.2, -0.15) is 4.31 Å². The molecule has 0 radical (unpaired) electrons. The first kappa shape index (κ1) is 15.2. The lowest BCUT2D eigenvalue weighted by Gasteiger charge is -2.15. The van der Waals surface area contributed by atoms with Gasteiger partial charge in [0, 0.05) is 19.2 Å². The van der Waals surface area contributed by atoms with Crippen molar-refractivity contribution < 1.29 is 22.8 Å². The van der Waals surface area contributed by atoms with Crippen molar-refractivity contribution in [3.63, 3.8) is 0 Å². The fourth-order valence-electron chi connectivity index (χ4n) is 2.35. The van der Waals surface area contributed by atoms with Crippen LogP contribution in [0.3, 0.4) is 0 Å². The average molecular weight is 328 g/mol. The summed E-state index contributed by atoms with van der Waals surface area (Å²) in [5.74, 6) is 0.0564. The van der Waals surface area contributed by atoms with Crippen molar-refractivity contribution in [2.75, 3.05) is 26.3 Å². The van der Waals surface area contributed by atoms with Crippen molar-refractivity contribution in [2.45, 2.75) is 23.8 Å². The largest absolute Gasteiger partial charge is 0.484 e. The zero-order chi connectivity index (χ0) is 15.7. The average Bonchev–Trinajstić information content (AvgIpc) is 3.14. The highest BCUT2D eigenvalue weighted by atomic mass is 32.2. The molecule has 0 aliphatic carbocycles. The van der Waals surface area contributed by atoms with Crippen molar-refractivity contribution in [1.29, 1.82) is 0 Å². The molecule has 1 atom stereocenters. The topological polar surface area (TPSA) is 102 Å². The van der Waals surface area contributed by atoms with Gasteiger partial charge in [0.2, 0.25) is 10.0 Å². The van der Waals surface area contributed by atoms with Crippen LogP contribution in [-0.2, 0) is 14.8 Å². The van der Waals surface area contributed by atoms with Gasteiger partial charge in [-0.3, -0.25) is 10.1 Å². The second-order valence-electron chi connectivity index (χ2n) is 5.26. The molecule has 120 valence electrons. The smallest absolute Gasteiger partial charge is 0.312 e. The first-order valence-electron chi connectivity index (χ1n) is 7.01. The van der Waals surface area contributed by atoms with E-state index in [2.05, 4.69) is 0 Å². The van der Waals surface area contributed by atoms with E-state index in [1.807, 2.05) is 0 Å². The van der Waals surface area contributed by atoms with Gasteiger partial charge in [-0.05, 0) is 25.0 Å². The number of sulfonamides is 1. The van der Waals surface area contributed by atoms with Gasteiger partial charge in [-0.1, -0.05) is 0 Å². The molecule has 8 nitrogen and oxygen atoms in total. The molecule has 1 aromatic carbocycles. The fraction of sp³-hybridized carbons (Fsp3) is 0.538. The Hall–Kier alpha value is -1.71. The summed E-state index contributed by atoms with van der Waals surface area (Å²) >= 11 is 0. The van der Waals surface area contributed by atoms with E-state index in [1.165, 1.54) is 16.4 Å². The van der Waals surface area contributed by atoms with Crippen LogP contribution in [-0.4, -0.2) is 50.1 Å². The molecule has 0 amide bonds. The van der Waals surface area contributed by atoms with Crippen LogP contribution >= 0.6 is 0 Å². The molecule has 1 aromatic rings. The molecule has 0 aromatic heterocycles. The monoisotopic (exact) mass is 328 g/mol. The third-order valence-electron chi connectivity index (χ3n) is 3.66. The molecule has 9 heteroatoms. The van der Waals surface area contributed by atoms with Crippen molar-refractivity contribution in [2.24, 2.45) is 0 Å². The molecule has 2 fully saturated rings. The van der Waals surface area contributed by atoms with Crippen LogP contribution in [0.25, 0.3) is 0 Å². The Kier molecular flexibility index (Phi) is 4.02. The van der Waals surface area contributed by atoms with Crippen LogP contribution in [0.2, 0.25) is 0 Å². The summed E-state index contributed by atoms with van der Waals surface area (Å²) in [4.78, 5) is 10.5. The van der Waals surface area contributed by atoms with E-state index in [-0.39, 0.29) is 29.0 Å². The summed E-state index contributed by atoms with van der Waals surface area (Å²) in [6.07, 6.45) is 1.58. The van der Waals surface area contributed by atoms with Crippen LogP contribution in [0.4, 0.5) is 5.69 Å². The molecular weight excluding hydrogens is 312 g/mol. The molecule has 0 N–H and O–H groups in total. The molecule has 22 heavy (non-hydrogen) atoms. The van der Waals surface area contributed by atoms with Gasteiger partial charge < -0.3 is 9.47 Å². The minimum absolute atomic E-state index is 0.0346. The summed E-state index contributed by atoms with van der Waals surface area (Å²) in [5.41, 5.74) is -0.346. The normalized spacial score (nSPS) is 21.7. The maximum absolute atomic E-state index is 12.4. The predicted octanol–water partition coefficient (Wildman–Crippen LogP) is 1.16. The molecule has 0 bridgehead atoms. The highest BCUT2D eigenvalue weighted by Gasteiger charge is 2.30. The van der Waals surface area contributed by atoms with Crippen LogP contribution in [0.1, 0.15) is 12.8 Å². The van der Waals surface area contributed by atoms with E-state index in [0.717, 1.165) is 18.9 Å². The molecule has 0 unspecified atom stereocenters. The first-order valence-corrected chi connectivity index (χ1v) is 8.45. The SMILES string of the molecule is O=[N+]([O-])c1cc(S(=O)(=O)N2CCCC2)ccc1OC[C@@H]1CO1. The van der Waals surface area contributed by atoms with Crippen molar-refractivity contribution in [3.8, 4) is 5.75 Å². The Bertz CT molecular complexity index is 680. The lowest BCUT2D eigenvalue weighted by atomic mass is 10.3. The Morgan fingerprint density at radius 1 is 1.36 bits per heavy atom. The number of nitro benzene ring substituents is 1. The quantitative estimate of drug-likeness (QED) is 0.441. The Balaban J connectivity index is 1.88. The van der Waals surface area contributed by atoms with Crippen LogP contribution in [0.15, 0.2) is 23.1 Å². The number of benzene rings is 1. The van der Waals surface area contributed by atoms with E-state index in [0.29, 0.717) is 19.7 Å². The zero-order valence-electron chi connectivity index (χ0n) is 11.8. The lowest BCUT2D eigenvalue weighted by Crippen LogP contribution is -2.27. The fourth-order valence-corrected chi connectivity index (χ4v) is 3.88. The minimum Gasteiger partial charge on any atom is -0.484 e. The highest BCUT2D eigenvalue weighted by molar-refractivity contribution is 7.89. The summed E-state index contributed by atoms with van der Waals surface area (Å²) in [6.45, 7) is 1.70. The second-order valence-corrected chi connectivity index (χ2v) is 7.20. The van der Waals surface area contributed by atoms with Gasteiger partial charge in [0.25, 0.3) is 0 Å². The first-order chi connectivity index (χ1) is 10.5. The Morgan fingerprint density at radius 3 is 2.64 bits per heavy atom. The van der Waals surface area contributed by atoms with E-state index >= 15 is 0 Å². The van der Waals surface area contributed by atoms with Gasteiger partial charge >= 0.3 is 5.69 Å². The number of epoxide rings is 1.